The van der Waals surface area contributed by atoms with Crippen LogP contribution in [0.3, 0.4) is 0 Å². The normalized spacial score (nSPS) is 12.9. The number of allylic oxidation sites excluding steroid dienone is 14. The molecule has 1 unspecified atom stereocenters. The first-order valence-electron chi connectivity index (χ1n) is 26.1. The Balaban J connectivity index is 4.37. The lowest BCUT2D eigenvalue weighted by molar-refractivity contribution is -0.163. The van der Waals surface area contributed by atoms with Crippen LogP contribution in [0.4, 0.5) is 0 Å². The monoisotopic (exact) mass is 863 g/mol. The Morgan fingerprint density at radius 1 is 0.371 bits per heavy atom. The van der Waals surface area contributed by atoms with Gasteiger partial charge in [-0.15, -0.1) is 0 Å². The van der Waals surface area contributed by atoms with Crippen LogP contribution in [0.1, 0.15) is 239 Å². The van der Waals surface area contributed by atoms with Gasteiger partial charge >= 0.3 is 11.9 Å². The molecule has 0 bridgehead atoms. The van der Waals surface area contributed by atoms with Crippen molar-refractivity contribution < 1.29 is 23.8 Å². The topological polar surface area (TPSA) is 61.8 Å². The van der Waals surface area contributed by atoms with Gasteiger partial charge in [0.25, 0.3) is 0 Å². The Labute approximate surface area is 384 Å². The van der Waals surface area contributed by atoms with E-state index in [0.29, 0.717) is 19.4 Å². The third kappa shape index (κ3) is 49.7. The lowest BCUT2D eigenvalue weighted by Crippen LogP contribution is -2.30. The molecular formula is C57H98O5. The molecule has 1 atom stereocenters. The van der Waals surface area contributed by atoms with Crippen molar-refractivity contribution in [2.75, 3.05) is 19.8 Å². The van der Waals surface area contributed by atoms with Crippen molar-refractivity contribution in [1.29, 1.82) is 0 Å². The molecule has 0 saturated heterocycles. The van der Waals surface area contributed by atoms with E-state index in [1.54, 1.807) is 0 Å². The minimum absolute atomic E-state index is 0.0526. The van der Waals surface area contributed by atoms with E-state index >= 15 is 0 Å². The number of unbranched alkanes of at least 4 members (excludes halogenated alkanes) is 22. The molecule has 0 aromatic heterocycles. The zero-order valence-electron chi connectivity index (χ0n) is 40.9. The Morgan fingerprint density at radius 2 is 0.726 bits per heavy atom. The number of hydrogen-bond acceptors (Lipinski definition) is 5. The van der Waals surface area contributed by atoms with E-state index in [9.17, 15) is 9.59 Å². The third-order valence-electron chi connectivity index (χ3n) is 10.9. The SMILES string of the molecule is CC/C=C\C/C=C\C/C=C\C/C=C\CCCOCC(COC(=O)CCCCCCCCC/C=C\CCCCCCCC)OC(=O)CCCCCCC/C=C\C/C=C\CCCCC. The van der Waals surface area contributed by atoms with Gasteiger partial charge in [-0.3, -0.25) is 9.59 Å². The molecule has 0 aliphatic rings. The summed E-state index contributed by atoms with van der Waals surface area (Å²) in [5, 5.41) is 0. The van der Waals surface area contributed by atoms with Crippen LogP contribution in [0.5, 0.6) is 0 Å². The molecule has 0 aromatic rings. The quantitative estimate of drug-likeness (QED) is 0.0346. The maximum Gasteiger partial charge on any atom is 0.306 e. The van der Waals surface area contributed by atoms with Crippen LogP contribution in [0.15, 0.2) is 85.1 Å². The summed E-state index contributed by atoms with van der Waals surface area (Å²) in [4.78, 5) is 25.4. The highest BCUT2D eigenvalue weighted by Gasteiger charge is 2.17. The number of carbonyl (C=O) groups excluding carboxylic acids is 2. The van der Waals surface area contributed by atoms with Gasteiger partial charge in [0.2, 0.25) is 0 Å². The van der Waals surface area contributed by atoms with Gasteiger partial charge in [-0.1, -0.05) is 202 Å². The second kappa shape index (κ2) is 52.4. The van der Waals surface area contributed by atoms with Gasteiger partial charge in [-0.05, 0) is 109 Å². The molecule has 0 saturated carbocycles. The van der Waals surface area contributed by atoms with E-state index in [1.807, 2.05) is 0 Å². The van der Waals surface area contributed by atoms with E-state index in [0.717, 1.165) is 89.9 Å². The van der Waals surface area contributed by atoms with Gasteiger partial charge in [0, 0.05) is 19.4 Å². The highest BCUT2D eigenvalue weighted by Crippen LogP contribution is 2.13. The summed E-state index contributed by atoms with van der Waals surface area (Å²) in [5.74, 6) is -0.448. The first kappa shape index (κ1) is 59.1. The fourth-order valence-corrected chi connectivity index (χ4v) is 7.01. The molecule has 0 amide bonds. The standard InChI is InChI=1S/C57H98O5/c1-4-7-10-13-16-19-22-25-28-29-31-32-35-38-41-44-47-50-56(58)61-54-55(53-60-52-49-46-43-40-37-34-27-24-21-18-15-12-9-6-3)62-57(59)51-48-45-42-39-36-33-30-26-23-20-17-14-11-8-5-2/h9,12,17-18,20-21,25-28,30,34,40,43,55H,4-8,10-11,13-16,19,22-24,29,31-33,35-39,41-42,44-54H2,1-3H3/b12-9-,20-17-,21-18-,28-25-,30-26-,34-27-,43-40-. The predicted molar refractivity (Wildman–Crippen MR) is 270 cm³/mol. The van der Waals surface area contributed by atoms with Crippen molar-refractivity contribution in [3.8, 4) is 0 Å². The summed E-state index contributed by atoms with van der Waals surface area (Å²) in [5.41, 5.74) is 0. The number of esters is 2. The summed E-state index contributed by atoms with van der Waals surface area (Å²) >= 11 is 0. The highest BCUT2D eigenvalue weighted by atomic mass is 16.6. The summed E-state index contributed by atoms with van der Waals surface area (Å²) < 4.78 is 17.3. The van der Waals surface area contributed by atoms with E-state index in [2.05, 4.69) is 106 Å². The Bertz CT molecular complexity index is 1160. The second-order valence-electron chi connectivity index (χ2n) is 17.0. The van der Waals surface area contributed by atoms with Crippen molar-refractivity contribution >= 4 is 11.9 Å². The first-order valence-corrected chi connectivity index (χ1v) is 26.1. The first-order chi connectivity index (χ1) is 30.6. The molecule has 0 N–H and O–H groups in total. The van der Waals surface area contributed by atoms with Crippen LogP contribution >= 0.6 is 0 Å². The molecular weight excluding hydrogens is 765 g/mol. The van der Waals surface area contributed by atoms with Gasteiger partial charge in [0.15, 0.2) is 6.10 Å². The van der Waals surface area contributed by atoms with Crippen LogP contribution in [0.25, 0.3) is 0 Å². The average molecular weight is 863 g/mol. The lowest BCUT2D eigenvalue weighted by Gasteiger charge is -2.18. The number of hydrogen-bond donors (Lipinski definition) is 0. The molecule has 0 rings (SSSR count). The van der Waals surface area contributed by atoms with Crippen LogP contribution in [0, 0.1) is 0 Å². The van der Waals surface area contributed by atoms with E-state index < -0.39 is 6.10 Å². The van der Waals surface area contributed by atoms with Gasteiger partial charge in [0.1, 0.15) is 6.61 Å². The van der Waals surface area contributed by atoms with E-state index in [4.69, 9.17) is 14.2 Å². The lowest BCUT2D eigenvalue weighted by atomic mass is 10.1. The van der Waals surface area contributed by atoms with E-state index in [1.165, 1.54) is 116 Å². The van der Waals surface area contributed by atoms with Crippen molar-refractivity contribution in [2.24, 2.45) is 0 Å². The molecule has 5 nitrogen and oxygen atoms in total. The molecule has 0 spiro atoms. The van der Waals surface area contributed by atoms with Crippen molar-refractivity contribution in [3.05, 3.63) is 85.1 Å². The van der Waals surface area contributed by atoms with Crippen LogP contribution in [0.2, 0.25) is 0 Å². The minimum atomic E-state index is -0.577. The van der Waals surface area contributed by atoms with Crippen LogP contribution in [-0.2, 0) is 23.8 Å². The third-order valence-corrected chi connectivity index (χ3v) is 10.9. The van der Waals surface area contributed by atoms with Crippen LogP contribution < -0.4 is 0 Å². The highest BCUT2D eigenvalue weighted by molar-refractivity contribution is 5.70. The number of rotatable bonds is 47. The Morgan fingerprint density at radius 3 is 1.21 bits per heavy atom. The van der Waals surface area contributed by atoms with Crippen molar-refractivity contribution in [3.63, 3.8) is 0 Å². The minimum Gasteiger partial charge on any atom is -0.462 e. The van der Waals surface area contributed by atoms with Gasteiger partial charge < -0.3 is 14.2 Å². The molecule has 0 aliphatic heterocycles. The molecule has 5 heteroatoms. The van der Waals surface area contributed by atoms with Crippen molar-refractivity contribution in [2.45, 2.75) is 245 Å². The smallest absolute Gasteiger partial charge is 0.306 e. The number of carbonyl (C=O) groups is 2. The largest absolute Gasteiger partial charge is 0.462 e. The summed E-state index contributed by atoms with van der Waals surface area (Å²) in [6.07, 6.45) is 68.9. The molecule has 0 aliphatic carbocycles. The summed E-state index contributed by atoms with van der Waals surface area (Å²) in [7, 11) is 0. The average Bonchev–Trinajstić information content (AvgIpc) is 3.27. The van der Waals surface area contributed by atoms with Gasteiger partial charge in [-0.2, -0.15) is 0 Å². The van der Waals surface area contributed by atoms with Gasteiger partial charge in [-0.25, -0.2) is 0 Å². The molecule has 62 heavy (non-hydrogen) atoms. The molecule has 356 valence electrons. The fourth-order valence-electron chi connectivity index (χ4n) is 7.01. The van der Waals surface area contributed by atoms with E-state index in [-0.39, 0.29) is 25.2 Å². The second-order valence-corrected chi connectivity index (χ2v) is 17.0. The Kier molecular flexibility index (Phi) is 50.0. The molecule has 0 radical (unpaired) electrons. The Hall–Kier alpha value is -2.92. The predicted octanol–water partition coefficient (Wildman–Crippen LogP) is 17.7. The molecule has 0 aromatic carbocycles. The molecule has 0 heterocycles. The zero-order chi connectivity index (χ0) is 44.9. The molecule has 0 fully saturated rings. The maximum atomic E-state index is 12.8. The number of ether oxygens (including phenoxy) is 3. The summed E-state index contributed by atoms with van der Waals surface area (Å²) in [6, 6.07) is 0. The summed E-state index contributed by atoms with van der Waals surface area (Å²) in [6.45, 7) is 7.53. The van der Waals surface area contributed by atoms with Crippen molar-refractivity contribution in [1.82, 2.24) is 0 Å². The maximum absolute atomic E-state index is 12.8. The van der Waals surface area contributed by atoms with Gasteiger partial charge in [0.05, 0.1) is 6.61 Å². The zero-order valence-corrected chi connectivity index (χ0v) is 40.9. The fraction of sp³-hybridized carbons (Fsp3) is 0.719. The van der Waals surface area contributed by atoms with Crippen LogP contribution in [-0.4, -0.2) is 37.9 Å².